The normalized spacial score (nSPS) is 10.3. The summed E-state index contributed by atoms with van der Waals surface area (Å²) in [6.45, 7) is 3.51. The average molecular weight is 340 g/mol. The summed E-state index contributed by atoms with van der Waals surface area (Å²) in [4.78, 5) is 34.3. The van der Waals surface area contributed by atoms with Crippen molar-refractivity contribution in [2.45, 2.75) is 32.7 Å². The first-order chi connectivity index (χ1) is 12.2. The fraction of sp³-hybridized carbons (Fsp3) is 0.368. The van der Waals surface area contributed by atoms with Crippen LogP contribution in [-0.2, 0) is 11.3 Å². The Morgan fingerprint density at radius 1 is 1.16 bits per heavy atom. The number of carbonyl (C=O) groups is 2. The van der Waals surface area contributed by atoms with Gasteiger partial charge in [-0.1, -0.05) is 43.7 Å². The SMILES string of the molecule is CCCCNC(=O)CCN(Cc1ccccc1)C(=O)c1cnccn1. The second-order valence-electron chi connectivity index (χ2n) is 5.76. The Hall–Kier alpha value is -2.76. The van der Waals surface area contributed by atoms with Crippen LogP contribution in [0.15, 0.2) is 48.9 Å². The Balaban J connectivity index is 2.01. The number of carbonyl (C=O) groups excluding carboxylic acids is 2. The van der Waals surface area contributed by atoms with E-state index in [1.54, 1.807) is 4.90 Å². The fourth-order valence-corrected chi connectivity index (χ4v) is 2.36. The zero-order valence-corrected chi connectivity index (χ0v) is 14.5. The van der Waals surface area contributed by atoms with Gasteiger partial charge in [-0.25, -0.2) is 4.98 Å². The Morgan fingerprint density at radius 2 is 1.96 bits per heavy atom. The molecule has 0 spiro atoms. The third-order valence-electron chi connectivity index (χ3n) is 3.75. The molecule has 0 atom stereocenters. The molecule has 1 N–H and O–H groups in total. The predicted molar refractivity (Wildman–Crippen MR) is 95.7 cm³/mol. The third-order valence-corrected chi connectivity index (χ3v) is 3.75. The number of nitrogens with one attached hydrogen (secondary N) is 1. The van der Waals surface area contributed by atoms with Crippen molar-refractivity contribution >= 4 is 11.8 Å². The number of aromatic nitrogens is 2. The standard InChI is InChI=1S/C19H24N4O2/c1-2-3-10-22-18(24)9-13-23(15-16-7-5-4-6-8-16)19(25)17-14-20-11-12-21-17/h4-8,11-12,14H,2-3,9-10,13,15H2,1H3,(H,22,24). The summed E-state index contributed by atoms with van der Waals surface area (Å²) in [5, 5.41) is 2.88. The molecule has 0 fully saturated rings. The van der Waals surface area contributed by atoms with Crippen molar-refractivity contribution in [2.24, 2.45) is 0 Å². The van der Waals surface area contributed by atoms with E-state index in [0.717, 1.165) is 18.4 Å². The molecule has 6 heteroatoms. The lowest BCUT2D eigenvalue weighted by atomic mass is 10.2. The van der Waals surface area contributed by atoms with Gasteiger partial charge in [0.05, 0.1) is 6.20 Å². The van der Waals surface area contributed by atoms with Gasteiger partial charge in [0.15, 0.2) is 0 Å². The molecule has 0 aliphatic carbocycles. The topological polar surface area (TPSA) is 75.2 Å². The summed E-state index contributed by atoms with van der Waals surface area (Å²) in [6.07, 6.45) is 6.72. The Kier molecular flexibility index (Phi) is 7.56. The summed E-state index contributed by atoms with van der Waals surface area (Å²) >= 11 is 0. The lowest BCUT2D eigenvalue weighted by Crippen LogP contribution is -2.35. The molecule has 2 aromatic rings. The van der Waals surface area contributed by atoms with Crippen LogP contribution in [-0.4, -0.2) is 39.8 Å². The first-order valence-electron chi connectivity index (χ1n) is 8.56. The molecule has 1 heterocycles. The summed E-state index contributed by atoms with van der Waals surface area (Å²) in [5.41, 5.74) is 1.29. The van der Waals surface area contributed by atoms with Crippen LogP contribution in [0.1, 0.15) is 42.2 Å². The Bertz CT molecular complexity index is 662. The van der Waals surface area contributed by atoms with E-state index in [2.05, 4.69) is 22.2 Å². The van der Waals surface area contributed by atoms with Crippen molar-refractivity contribution < 1.29 is 9.59 Å². The van der Waals surface area contributed by atoms with Gasteiger partial charge in [0, 0.05) is 38.4 Å². The van der Waals surface area contributed by atoms with Crippen molar-refractivity contribution in [2.75, 3.05) is 13.1 Å². The fourth-order valence-electron chi connectivity index (χ4n) is 2.36. The van der Waals surface area contributed by atoms with Gasteiger partial charge >= 0.3 is 0 Å². The minimum atomic E-state index is -0.224. The van der Waals surface area contributed by atoms with E-state index < -0.39 is 0 Å². The lowest BCUT2D eigenvalue weighted by molar-refractivity contribution is -0.121. The second kappa shape index (κ2) is 10.2. The molecule has 0 bridgehead atoms. The lowest BCUT2D eigenvalue weighted by Gasteiger charge is -2.22. The summed E-state index contributed by atoms with van der Waals surface area (Å²) in [7, 11) is 0. The van der Waals surface area contributed by atoms with Gasteiger partial charge < -0.3 is 10.2 Å². The van der Waals surface area contributed by atoms with Gasteiger partial charge in [-0.2, -0.15) is 0 Å². The monoisotopic (exact) mass is 340 g/mol. The average Bonchev–Trinajstić information content (AvgIpc) is 2.66. The number of unbranched alkanes of at least 4 members (excludes halogenated alkanes) is 1. The smallest absolute Gasteiger partial charge is 0.274 e. The maximum absolute atomic E-state index is 12.7. The molecule has 0 saturated heterocycles. The van der Waals surface area contributed by atoms with E-state index in [4.69, 9.17) is 0 Å². The van der Waals surface area contributed by atoms with E-state index in [1.807, 2.05) is 30.3 Å². The molecule has 2 rings (SSSR count). The van der Waals surface area contributed by atoms with Gasteiger partial charge in [0.25, 0.3) is 5.91 Å². The molecule has 25 heavy (non-hydrogen) atoms. The highest BCUT2D eigenvalue weighted by Crippen LogP contribution is 2.09. The molecule has 0 aliphatic rings. The highest BCUT2D eigenvalue weighted by molar-refractivity contribution is 5.92. The minimum absolute atomic E-state index is 0.0431. The van der Waals surface area contributed by atoms with Crippen LogP contribution >= 0.6 is 0 Å². The maximum Gasteiger partial charge on any atom is 0.274 e. The second-order valence-corrected chi connectivity index (χ2v) is 5.76. The number of nitrogens with zero attached hydrogens (tertiary/aromatic N) is 3. The Labute approximate surface area is 148 Å². The number of hydrogen-bond donors (Lipinski definition) is 1. The Morgan fingerprint density at radius 3 is 2.64 bits per heavy atom. The minimum Gasteiger partial charge on any atom is -0.356 e. The van der Waals surface area contributed by atoms with Crippen molar-refractivity contribution in [1.82, 2.24) is 20.2 Å². The zero-order valence-electron chi connectivity index (χ0n) is 14.5. The molecular weight excluding hydrogens is 316 g/mol. The molecule has 0 aliphatic heterocycles. The summed E-state index contributed by atoms with van der Waals surface area (Å²) < 4.78 is 0. The first kappa shape index (κ1) is 18.6. The number of rotatable bonds is 9. The number of benzene rings is 1. The van der Waals surface area contributed by atoms with Gasteiger partial charge in [0.2, 0.25) is 5.91 Å². The van der Waals surface area contributed by atoms with Crippen molar-refractivity contribution in [1.29, 1.82) is 0 Å². The summed E-state index contributed by atoms with van der Waals surface area (Å²) in [5.74, 6) is -0.267. The van der Waals surface area contributed by atoms with Crippen LogP contribution in [0.25, 0.3) is 0 Å². The van der Waals surface area contributed by atoms with Gasteiger partial charge in [-0.3, -0.25) is 14.6 Å². The molecular formula is C19H24N4O2. The highest BCUT2D eigenvalue weighted by atomic mass is 16.2. The predicted octanol–water partition coefficient (Wildman–Crippen LogP) is 2.43. The highest BCUT2D eigenvalue weighted by Gasteiger charge is 2.18. The van der Waals surface area contributed by atoms with Gasteiger partial charge in [-0.05, 0) is 12.0 Å². The van der Waals surface area contributed by atoms with E-state index in [9.17, 15) is 9.59 Å². The molecule has 0 radical (unpaired) electrons. The number of hydrogen-bond acceptors (Lipinski definition) is 4. The molecule has 6 nitrogen and oxygen atoms in total. The molecule has 1 aromatic carbocycles. The van der Waals surface area contributed by atoms with Gasteiger partial charge in [-0.15, -0.1) is 0 Å². The molecule has 2 amide bonds. The van der Waals surface area contributed by atoms with Crippen LogP contribution in [0.2, 0.25) is 0 Å². The van der Waals surface area contributed by atoms with Crippen molar-refractivity contribution in [3.8, 4) is 0 Å². The van der Waals surface area contributed by atoms with Crippen LogP contribution < -0.4 is 5.32 Å². The zero-order chi connectivity index (χ0) is 17.9. The molecule has 0 unspecified atom stereocenters. The summed E-state index contributed by atoms with van der Waals surface area (Å²) in [6, 6.07) is 9.70. The molecule has 0 saturated carbocycles. The van der Waals surface area contributed by atoms with Gasteiger partial charge in [0.1, 0.15) is 5.69 Å². The molecule has 132 valence electrons. The van der Waals surface area contributed by atoms with Crippen LogP contribution in [0.4, 0.5) is 0 Å². The largest absolute Gasteiger partial charge is 0.356 e. The van der Waals surface area contributed by atoms with E-state index in [-0.39, 0.29) is 23.9 Å². The quantitative estimate of drug-likeness (QED) is 0.711. The van der Waals surface area contributed by atoms with Crippen molar-refractivity contribution in [3.63, 3.8) is 0 Å². The van der Waals surface area contributed by atoms with Crippen molar-refractivity contribution in [3.05, 3.63) is 60.2 Å². The maximum atomic E-state index is 12.7. The number of amides is 2. The van der Waals surface area contributed by atoms with Crippen LogP contribution in [0.3, 0.4) is 0 Å². The van der Waals surface area contributed by atoms with Crippen LogP contribution in [0, 0.1) is 0 Å². The van der Waals surface area contributed by atoms with E-state index >= 15 is 0 Å². The van der Waals surface area contributed by atoms with E-state index in [0.29, 0.717) is 19.6 Å². The third kappa shape index (κ3) is 6.33. The molecule has 1 aromatic heterocycles. The van der Waals surface area contributed by atoms with E-state index in [1.165, 1.54) is 18.6 Å². The van der Waals surface area contributed by atoms with Crippen LogP contribution in [0.5, 0.6) is 0 Å². The first-order valence-corrected chi connectivity index (χ1v) is 8.56.